The molecule has 1 aromatic carbocycles. The highest BCUT2D eigenvalue weighted by Gasteiger charge is 2.27. The molecule has 0 spiro atoms. The highest BCUT2D eigenvalue weighted by atomic mass is 15.2. The number of rotatable bonds is 1. The van der Waals surface area contributed by atoms with E-state index in [2.05, 4.69) is 37.1 Å². The first-order valence-electron chi connectivity index (χ1n) is 6.53. The van der Waals surface area contributed by atoms with Crippen LogP contribution < -0.4 is 10.2 Å². The summed E-state index contributed by atoms with van der Waals surface area (Å²) in [4.78, 5) is 2.40. The van der Waals surface area contributed by atoms with E-state index in [9.17, 15) is 0 Å². The SMILES string of the molecule is CC1CCN(c2ccc(C#N)cc2)CC(C)(C)N1. The fourth-order valence-corrected chi connectivity index (χ4v) is 2.66. The Bertz CT molecular complexity index is 442. The van der Waals surface area contributed by atoms with Gasteiger partial charge in [0, 0.05) is 30.4 Å². The van der Waals surface area contributed by atoms with E-state index in [-0.39, 0.29) is 5.54 Å². The minimum atomic E-state index is 0.115. The van der Waals surface area contributed by atoms with Crippen molar-refractivity contribution in [2.45, 2.75) is 38.8 Å². The summed E-state index contributed by atoms with van der Waals surface area (Å²) in [5.41, 5.74) is 2.04. The molecule has 1 atom stereocenters. The second-order valence-electron chi connectivity index (χ2n) is 5.80. The number of nitrogens with one attached hydrogen (secondary N) is 1. The molecule has 1 fully saturated rings. The molecular formula is C15H21N3. The van der Waals surface area contributed by atoms with Gasteiger partial charge in [-0.15, -0.1) is 0 Å². The van der Waals surface area contributed by atoms with E-state index in [0.717, 1.165) is 25.1 Å². The Hall–Kier alpha value is -1.53. The highest BCUT2D eigenvalue weighted by molar-refractivity contribution is 5.50. The molecule has 0 bridgehead atoms. The van der Waals surface area contributed by atoms with Gasteiger partial charge in [0.2, 0.25) is 0 Å². The van der Waals surface area contributed by atoms with Crippen LogP contribution in [0, 0.1) is 11.3 Å². The van der Waals surface area contributed by atoms with E-state index in [1.165, 1.54) is 5.69 Å². The van der Waals surface area contributed by atoms with Crippen LogP contribution in [0.25, 0.3) is 0 Å². The van der Waals surface area contributed by atoms with E-state index in [1.54, 1.807) is 0 Å². The van der Waals surface area contributed by atoms with Crippen LogP contribution in [0.1, 0.15) is 32.8 Å². The number of benzene rings is 1. The van der Waals surface area contributed by atoms with Gasteiger partial charge in [0.1, 0.15) is 0 Å². The summed E-state index contributed by atoms with van der Waals surface area (Å²) < 4.78 is 0. The van der Waals surface area contributed by atoms with Gasteiger partial charge in [0.05, 0.1) is 11.6 Å². The van der Waals surface area contributed by atoms with Gasteiger partial charge in [-0.3, -0.25) is 0 Å². The lowest BCUT2D eigenvalue weighted by atomic mass is 10.0. The van der Waals surface area contributed by atoms with Crippen molar-refractivity contribution in [3.63, 3.8) is 0 Å². The Morgan fingerprint density at radius 3 is 2.61 bits per heavy atom. The van der Waals surface area contributed by atoms with Crippen molar-refractivity contribution in [3.8, 4) is 6.07 Å². The predicted octanol–water partition coefficient (Wildman–Crippen LogP) is 2.53. The smallest absolute Gasteiger partial charge is 0.0991 e. The second kappa shape index (κ2) is 4.99. The van der Waals surface area contributed by atoms with Crippen LogP contribution in [0.3, 0.4) is 0 Å². The zero-order valence-corrected chi connectivity index (χ0v) is 11.4. The topological polar surface area (TPSA) is 39.1 Å². The molecule has 2 rings (SSSR count). The molecule has 0 aromatic heterocycles. The molecule has 1 heterocycles. The van der Waals surface area contributed by atoms with Crippen molar-refractivity contribution in [1.29, 1.82) is 5.26 Å². The van der Waals surface area contributed by atoms with Crippen molar-refractivity contribution >= 4 is 5.69 Å². The molecule has 96 valence electrons. The van der Waals surface area contributed by atoms with E-state index >= 15 is 0 Å². The number of anilines is 1. The summed E-state index contributed by atoms with van der Waals surface area (Å²) in [5, 5.41) is 12.5. The monoisotopic (exact) mass is 243 g/mol. The Morgan fingerprint density at radius 2 is 2.00 bits per heavy atom. The minimum Gasteiger partial charge on any atom is -0.370 e. The quantitative estimate of drug-likeness (QED) is 0.823. The molecule has 1 unspecified atom stereocenters. The molecule has 3 nitrogen and oxygen atoms in total. The maximum atomic E-state index is 8.83. The van der Waals surface area contributed by atoms with Gasteiger partial charge >= 0.3 is 0 Å². The largest absolute Gasteiger partial charge is 0.370 e. The van der Waals surface area contributed by atoms with Gasteiger partial charge < -0.3 is 10.2 Å². The van der Waals surface area contributed by atoms with Crippen LogP contribution in [0.2, 0.25) is 0 Å². The predicted molar refractivity (Wildman–Crippen MR) is 74.7 cm³/mol. The number of nitriles is 1. The fraction of sp³-hybridized carbons (Fsp3) is 0.533. The van der Waals surface area contributed by atoms with E-state index < -0.39 is 0 Å². The first kappa shape index (κ1) is 12.9. The molecule has 1 N–H and O–H groups in total. The summed E-state index contributed by atoms with van der Waals surface area (Å²) in [6.45, 7) is 8.77. The van der Waals surface area contributed by atoms with Crippen molar-refractivity contribution < 1.29 is 0 Å². The van der Waals surface area contributed by atoms with Crippen LogP contribution in [-0.2, 0) is 0 Å². The van der Waals surface area contributed by atoms with Crippen LogP contribution in [0.15, 0.2) is 24.3 Å². The van der Waals surface area contributed by atoms with Crippen LogP contribution in [-0.4, -0.2) is 24.7 Å². The fourth-order valence-electron chi connectivity index (χ4n) is 2.66. The van der Waals surface area contributed by atoms with E-state index in [1.807, 2.05) is 24.3 Å². The molecule has 0 saturated carbocycles. The molecule has 0 radical (unpaired) electrons. The number of hydrogen-bond donors (Lipinski definition) is 1. The summed E-state index contributed by atoms with van der Waals surface area (Å²) in [6, 6.07) is 10.6. The zero-order valence-electron chi connectivity index (χ0n) is 11.4. The number of nitrogens with zero attached hydrogens (tertiary/aromatic N) is 2. The third-order valence-electron chi connectivity index (χ3n) is 3.42. The van der Waals surface area contributed by atoms with E-state index in [4.69, 9.17) is 5.26 Å². The van der Waals surface area contributed by atoms with Gasteiger partial charge in [0.25, 0.3) is 0 Å². The van der Waals surface area contributed by atoms with Gasteiger partial charge in [-0.25, -0.2) is 0 Å². The third kappa shape index (κ3) is 3.02. The van der Waals surface area contributed by atoms with Gasteiger partial charge in [0.15, 0.2) is 0 Å². The lowest BCUT2D eigenvalue weighted by Crippen LogP contribution is -2.48. The Kier molecular flexibility index (Phi) is 3.58. The van der Waals surface area contributed by atoms with Crippen LogP contribution >= 0.6 is 0 Å². The molecule has 1 aliphatic heterocycles. The first-order chi connectivity index (χ1) is 8.50. The Morgan fingerprint density at radius 1 is 1.33 bits per heavy atom. The van der Waals surface area contributed by atoms with E-state index in [0.29, 0.717) is 6.04 Å². The molecular weight excluding hydrogens is 222 g/mol. The Labute approximate surface area is 109 Å². The average molecular weight is 243 g/mol. The van der Waals surface area contributed by atoms with Crippen molar-refractivity contribution in [2.75, 3.05) is 18.0 Å². The summed E-state index contributed by atoms with van der Waals surface area (Å²) in [6.07, 6.45) is 1.14. The Balaban J connectivity index is 2.18. The second-order valence-corrected chi connectivity index (χ2v) is 5.80. The first-order valence-corrected chi connectivity index (χ1v) is 6.53. The van der Waals surface area contributed by atoms with Crippen molar-refractivity contribution in [2.24, 2.45) is 0 Å². The molecule has 1 aliphatic rings. The van der Waals surface area contributed by atoms with Crippen molar-refractivity contribution in [1.82, 2.24) is 5.32 Å². The minimum absolute atomic E-state index is 0.115. The zero-order chi connectivity index (χ0) is 13.2. The molecule has 1 aromatic rings. The summed E-state index contributed by atoms with van der Waals surface area (Å²) >= 11 is 0. The average Bonchev–Trinajstić information content (AvgIpc) is 2.47. The highest BCUT2D eigenvalue weighted by Crippen LogP contribution is 2.21. The van der Waals surface area contributed by atoms with Crippen LogP contribution in [0.5, 0.6) is 0 Å². The van der Waals surface area contributed by atoms with Gasteiger partial charge in [-0.2, -0.15) is 5.26 Å². The molecule has 1 saturated heterocycles. The normalized spacial score (nSPS) is 23.2. The lowest BCUT2D eigenvalue weighted by molar-refractivity contribution is 0.368. The summed E-state index contributed by atoms with van der Waals surface area (Å²) in [7, 11) is 0. The lowest BCUT2D eigenvalue weighted by Gasteiger charge is -2.32. The maximum absolute atomic E-state index is 8.83. The standard InChI is InChI=1S/C15H21N3/c1-12-8-9-18(11-15(2,3)17-12)14-6-4-13(10-16)5-7-14/h4-7,12,17H,8-9,11H2,1-3H3. The summed E-state index contributed by atoms with van der Waals surface area (Å²) in [5.74, 6) is 0. The van der Waals surface area contributed by atoms with Gasteiger partial charge in [-0.1, -0.05) is 0 Å². The molecule has 0 aliphatic carbocycles. The number of hydrogen-bond acceptors (Lipinski definition) is 3. The molecule has 0 amide bonds. The maximum Gasteiger partial charge on any atom is 0.0991 e. The van der Waals surface area contributed by atoms with Crippen molar-refractivity contribution in [3.05, 3.63) is 29.8 Å². The molecule has 3 heteroatoms. The van der Waals surface area contributed by atoms with Gasteiger partial charge in [-0.05, 0) is 51.5 Å². The molecule has 18 heavy (non-hydrogen) atoms. The third-order valence-corrected chi connectivity index (χ3v) is 3.42. The van der Waals surface area contributed by atoms with Crippen LogP contribution in [0.4, 0.5) is 5.69 Å².